The monoisotopic (exact) mass is 320 g/mol. The molecule has 0 aliphatic carbocycles. The van der Waals surface area contributed by atoms with Gasteiger partial charge in [-0.15, -0.1) is 0 Å². The second kappa shape index (κ2) is 6.52. The van der Waals surface area contributed by atoms with E-state index in [1.807, 2.05) is 0 Å². The molecule has 1 atom stereocenters. The zero-order valence-corrected chi connectivity index (χ0v) is 13.0. The lowest BCUT2D eigenvalue weighted by Gasteiger charge is -2.31. The summed E-state index contributed by atoms with van der Waals surface area (Å²) in [6.45, 7) is 6.11. The van der Waals surface area contributed by atoms with E-state index in [1.54, 1.807) is 6.20 Å². The van der Waals surface area contributed by atoms with Crippen LogP contribution in [-0.4, -0.2) is 48.1 Å². The van der Waals surface area contributed by atoms with Crippen molar-refractivity contribution in [2.75, 3.05) is 32.1 Å². The summed E-state index contributed by atoms with van der Waals surface area (Å²) in [7, 11) is 4.12. The molecule has 0 saturated heterocycles. The Morgan fingerprint density at radius 1 is 1.47 bits per heavy atom. The molecule has 0 saturated carbocycles. The molecule has 4 nitrogen and oxygen atoms in total. The molecule has 0 aliphatic rings. The highest BCUT2D eigenvalue weighted by Gasteiger charge is 2.18. The lowest BCUT2D eigenvalue weighted by atomic mass is 10.2. The molecule has 6 heteroatoms. The highest BCUT2D eigenvalue weighted by atomic mass is 79.9. The molecule has 0 aliphatic heterocycles. The minimum absolute atomic E-state index is 0.277. The van der Waals surface area contributed by atoms with Gasteiger partial charge in [0.15, 0.2) is 0 Å². The number of nitrogens with zero attached hydrogens (tertiary/aromatic N) is 4. The Morgan fingerprint density at radius 3 is 2.65 bits per heavy atom. The first-order valence-electron chi connectivity index (χ1n) is 5.55. The SMILES string of the molecule is CCN(c1nc(Cl)ncc1Br)C(C)CN(C)C. The molecule has 96 valence electrons. The van der Waals surface area contributed by atoms with E-state index in [4.69, 9.17) is 11.6 Å². The van der Waals surface area contributed by atoms with Crippen LogP contribution in [0.4, 0.5) is 5.82 Å². The van der Waals surface area contributed by atoms with Gasteiger partial charge in [0.2, 0.25) is 5.28 Å². The smallest absolute Gasteiger partial charge is 0.224 e. The van der Waals surface area contributed by atoms with Crippen LogP contribution >= 0.6 is 27.5 Å². The Bertz CT molecular complexity index is 372. The number of hydrogen-bond donors (Lipinski definition) is 0. The van der Waals surface area contributed by atoms with E-state index in [1.165, 1.54) is 0 Å². The second-order valence-electron chi connectivity index (χ2n) is 4.21. The average Bonchev–Trinajstić information content (AvgIpc) is 2.23. The third-order valence-corrected chi connectivity index (χ3v) is 3.21. The van der Waals surface area contributed by atoms with Gasteiger partial charge in [0.25, 0.3) is 0 Å². The molecular formula is C11H18BrClN4. The van der Waals surface area contributed by atoms with E-state index in [9.17, 15) is 0 Å². The maximum absolute atomic E-state index is 5.85. The fourth-order valence-corrected chi connectivity index (χ4v) is 2.38. The van der Waals surface area contributed by atoms with Gasteiger partial charge in [0.05, 0.1) is 4.47 Å². The van der Waals surface area contributed by atoms with Crippen LogP contribution in [0.2, 0.25) is 5.28 Å². The van der Waals surface area contributed by atoms with Crippen molar-refractivity contribution in [3.8, 4) is 0 Å². The fourth-order valence-electron chi connectivity index (χ4n) is 1.84. The maximum Gasteiger partial charge on any atom is 0.224 e. The van der Waals surface area contributed by atoms with E-state index < -0.39 is 0 Å². The lowest BCUT2D eigenvalue weighted by molar-refractivity contribution is 0.372. The quantitative estimate of drug-likeness (QED) is 0.781. The zero-order valence-electron chi connectivity index (χ0n) is 10.6. The van der Waals surface area contributed by atoms with E-state index in [-0.39, 0.29) is 5.28 Å². The first kappa shape index (κ1) is 14.7. The lowest BCUT2D eigenvalue weighted by Crippen LogP contribution is -2.40. The average molecular weight is 322 g/mol. The normalized spacial score (nSPS) is 12.9. The minimum atomic E-state index is 0.277. The van der Waals surface area contributed by atoms with E-state index in [0.717, 1.165) is 23.4 Å². The molecule has 1 aromatic heterocycles. The van der Waals surface area contributed by atoms with Crippen LogP contribution in [0.15, 0.2) is 10.7 Å². The predicted octanol–water partition coefficient (Wildman–Crippen LogP) is 2.67. The van der Waals surface area contributed by atoms with E-state index in [0.29, 0.717) is 6.04 Å². The van der Waals surface area contributed by atoms with Crippen LogP contribution in [0.5, 0.6) is 0 Å². The standard InChI is InChI=1S/C11H18BrClN4/c1-5-17(8(2)7-16(3)4)10-9(12)6-14-11(13)15-10/h6,8H,5,7H2,1-4H3. The van der Waals surface area contributed by atoms with Crippen LogP contribution in [0, 0.1) is 0 Å². The zero-order chi connectivity index (χ0) is 13.0. The van der Waals surface area contributed by atoms with Crippen molar-refractivity contribution in [3.63, 3.8) is 0 Å². The summed E-state index contributed by atoms with van der Waals surface area (Å²) in [5, 5.41) is 0.277. The van der Waals surface area contributed by atoms with Gasteiger partial charge in [-0.25, -0.2) is 4.98 Å². The summed E-state index contributed by atoms with van der Waals surface area (Å²) in [6.07, 6.45) is 1.69. The molecule has 0 amide bonds. The fraction of sp³-hybridized carbons (Fsp3) is 0.636. The van der Waals surface area contributed by atoms with Crippen LogP contribution in [0.25, 0.3) is 0 Å². The predicted molar refractivity (Wildman–Crippen MR) is 75.8 cm³/mol. The minimum Gasteiger partial charge on any atom is -0.352 e. The van der Waals surface area contributed by atoms with Gasteiger partial charge < -0.3 is 9.80 Å². The van der Waals surface area contributed by atoms with Crippen molar-refractivity contribution < 1.29 is 0 Å². The van der Waals surface area contributed by atoms with Gasteiger partial charge >= 0.3 is 0 Å². The number of rotatable bonds is 5. The number of anilines is 1. The Kier molecular flexibility index (Phi) is 5.62. The number of hydrogen-bond acceptors (Lipinski definition) is 4. The number of likely N-dealkylation sites (N-methyl/N-ethyl adjacent to an activating group) is 2. The number of aromatic nitrogens is 2. The Hall–Kier alpha value is -0.390. The molecule has 0 bridgehead atoms. The van der Waals surface area contributed by atoms with Crippen molar-refractivity contribution in [1.29, 1.82) is 0 Å². The Morgan fingerprint density at radius 2 is 2.12 bits per heavy atom. The first-order chi connectivity index (χ1) is 7.95. The van der Waals surface area contributed by atoms with Crippen molar-refractivity contribution in [2.24, 2.45) is 0 Å². The van der Waals surface area contributed by atoms with Gasteiger partial charge in [0, 0.05) is 25.3 Å². The molecule has 1 heterocycles. The molecule has 0 radical (unpaired) electrons. The van der Waals surface area contributed by atoms with Crippen molar-refractivity contribution in [1.82, 2.24) is 14.9 Å². The van der Waals surface area contributed by atoms with E-state index >= 15 is 0 Å². The second-order valence-corrected chi connectivity index (χ2v) is 5.40. The molecule has 1 rings (SSSR count). The highest BCUT2D eigenvalue weighted by Crippen LogP contribution is 2.25. The van der Waals surface area contributed by atoms with Crippen molar-refractivity contribution in [3.05, 3.63) is 16.0 Å². The van der Waals surface area contributed by atoms with Gasteiger partial charge in [-0.05, 0) is 55.5 Å². The third-order valence-electron chi connectivity index (χ3n) is 2.47. The summed E-state index contributed by atoms with van der Waals surface area (Å²) < 4.78 is 0.870. The van der Waals surface area contributed by atoms with Crippen molar-refractivity contribution >= 4 is 33.3 Å². The molecular weight excluding hydrogens is 304 g/mol. The molecule has 0 N–H and O–H groups in total. The molecule has 1 unspecified atom stereocenters. The topological polar surface area (TPSA) is 32.3 Å². The Labute approximate surface area is 116 Å². The summed E-state index contributed by atoms with van der Waals surface area (Å²) in [5.74, 6) is 0.849. The summed E-state index contributed by atoms with van der Waals surface area (Å²) >= 11 is 9.32. The number of halogens is 2. The van der Waals surface area contributed by atoms with Gasteiger partial charge in [-0.2, -0.15) is 4.98 Å². The Balaban J connectivity index is 2.96. The maximum atomic E-state index is 5.85. The summed E-state index contributed by atoms with van der Waals surface area (Å²) in [6, 6.07) is 0.359. The largest absolute Gasteiger partial charge is 0.352 e. The molecule has 0 fully saturated rings. The van der Waals surface area contributed by atoms with E-state index in [2.05, 4.69) is 63.6 Å². The van der Waals surface area contributed by atoms with Crippen LogP contribution in [-0.2, 0) is 0 Å². The van der Waals surface area contributed by atoms with Crippen LogP contribution in [0.3, 0.4) is 0 Å². The van der Waals surface area contributed by atoms with Gasteiger partial charge in [-0.3, -0.25) is 0 Å². The molecule has 0 aromatic carbocycles. The molecule has 1 aromatic rings. The van der Waals surface area contributed by atoms with Gasteiger partial charge in [0.1, 0.15) is 5.82 Å². The molecule has 17 heavy (non-hydrogen) atoms. The summed E-state index contributed by atoms with van der Waals surface area (Å²) in [5.41, 5.74) is 0. The first-order valence-corrected chi connectivity index (χ1v) is 6.72. The van der Waals surface area contributed by atoms with Crippen molar-refractivity contribution in [2.45, 2.75) is 19.9 Å². The third kappa shape index (κ3) is 4.08. The summed E-state index contributed by atoms with van der Waals surface area (Å²) in [4.78, 5) is 12.6. The van der Waals surface area contributed by atoms with Gasteiger partial charge in [-0.1, -0.05) is 0 Å². The highest BCUT2D eigenvalue weighted by molar-refractivity contribution is 9.10. The van der Waals surface area contributed by atoms with Crippen LogP contribution < -0.4 is 4.90 Å². The van der Waals surface area contributed by atoms with Crippen LogP contribution in [0.1, 0.15) is 13.8 Å². The molecule has 0 spiro atoms.